The molecule has 0 bridgehead atoms. The number of rotatable bonds is 5. The number of aliphatic hydroxyl groups is 1. The molecule has 9 heteroatoms. The number of aliphatic hydroxyl groups excluding tert-OH is 1. The molecule has 4 heterocycles. The summed E-state index contributed by atoms with van der Waals surface area (Å²) in [5.41, 5.74) is 4.02. The lowest BCUT2D eigenvalue weighted by atomic mass is 9.84. The summed E-state index contributed by atoms with van der Waals surface area (Å²) < 4.78 is 7.43. The number of ether oxygens (including phenoxy) is 1. The molecule has 0 spiro atoms. The molecule has 2 aromatic heterocycles. The fourth-order valence-corrected chi connectivity index (χ4v) is 5.77. The molecule has 3 aromatic rings. The first-order valence-corrected chi connectivity index (χ1v) is 12.6. The van der Waals surface area contributed by atoms with Crippen molar-refractivity contribution in [3.63, 3.8) is 0 Å². The zero-order valence-electron chi connectivity index (χ0n) is 19.7. The van der Waals surface area contributed by atoms with Crippen molar-refractivity contribution in [3.05, 3.63) is 40.8 Å². The van der Waals surface area contributed by atoms with Gasteiger partial charge in [0.1, 0.15) is 0 Å². The van der Waals surface area contributed by atoms with Crippen LogP contribution in [0.25, 0.3) is 10.9 Å². The average molecular weight is 483 g/mol. The molecular weight excluding hydrogens is 452 g/mol. The Morgan fingerprint density at radius 2 is 1.97 bits per heavy atom. The second kappa shape index (κ2) is 8.45. The average Bonchev–Trinajstić information content (AvgIpc) is 3.54. The molecule has 1 aromatic carbocycles. The van der Waals surface area contributed by atoms with Crippen LogP contribution in [0.4, 0.5) is 11.6 Å². The van der Waals surface area contributed by atoms with E-state index in [1.165, 1.54) is 11.1 Å². The molecule has 2 unspecified atom stereocenters. The molecule has 2 aliphatic heterocycles. The summed E-state index contributed by atoms with van der Waals surface area (Å²) in [7, 11) is 0. The van der Waals surface area contributed by atoms with Gasteiger partial charge in [0.2, 0.25) is 5.95 Å². The minimum atomic E-state index is -0.418. The van der Waals surface area contributed by atoms with E-state index in [1.807, 2.05) is 10.9 Å². The van der Waals surface area contributed by atoms with Gasteiger partial charge in [-0.15, -0.1) is 0 Å². The van der Waals surface area contributed by atoms with Crippen LogP contribution in [-0.2, 0) is 4.74 Å². The Kier molecular flexibility index (Phi) is 5.52. The normalized spacial score (nSPS) is 26.4. The quantitative estimate of drug-likeness (QED) is 0.563. The number of fused-ring (bicyclic) bond motifs is 1. The predicted molar refractivity (Wildman–Crippen MR) is 132 cm³/mol. The van der Waals surface area contributed by atoms with Crippen molar-refractivity contribution in [1.82, 2.24) is 24.6 Å². The number of aryl methyl sites for hydroxylation is 1. The molecule has 3 aliphatic rings. The van der Waals surface area contributed by atoms with E-state index in [4.69, 9.17) is 21.3 Å². The van der Waals surface area contributed by atoms with Crippen molar-refractivity contribution in [2.24, 2.45) is 0 Å². The number of anilines is 2. The van der Waals surface area contributed by atoms with Crippen molar-refractivity contribution in [1.29, 1.82) is 0 Å². The maximum Gasteiger partial charge on any atom is 0.227 e. The molecule has 6 rings (SSSR count). The minimum absolute atomic E-state index is 0.272. The third-order valence-electron chi connectivity index (χ3n) is 7.89. The fourth-order valence-electron chi connectivity index (χ4n) is 5.49. The second-order valence-electron chi connectivity index (χ2n) is 10.3. The number of piperidine rings is 1. The van der Waals surface area contributed by atoms with Crippen LogP contribution in [-0.4, -0.2) is 67.7 Å². The third kappa shape index (κ3) is 3.86. The van der Waals surface area contributed by atoms with Crippen molar-refractivity contribution < 1.29 is 9.84 Å². The van der Waals surface area contributed by atoms with Crippen molar-refractivity contribution in [2.75, 3.05) is 31.6 Å². The standard InChI is InChI=1S/C25H31ClN6O2/c1-15-9-17-11-27-24(30-21-12-28-32(23(21)26)18-3-4-18)29-20(17)10-19(15)16-5-7-31(8-6-16)25(2)14-34-13-22(25)33/h9-12,16,18,22,33H,3-8,13-14H2,1-2H3,(H,27,29,30). The van der Waals surface area contributed by atoms with Gasteiger partial charge >= 0.3 is 0 Å². The van der Waals surface area contributed by atoms with Crippen LogP contribution >= 0.6 is 11.6 Å². The SMILES string of the molecule is Cc1cc2cnc(Nc3cnn(C4CC4)c3Cl)nc2cc1C1CCN(C2(C)COCC2O)CC1. The van der Waals surface area contributed by atoms with E-state index in [0.717, 1.165) is 55.4 Å². The first kappa shape index (κ1) is 22.2. The van der Waals surface area contributed by atoms with Crippen LogP contribution in [0, 0.1) is 6.92 Å². The highest BCUT2D eigenvalue weighted by atomic mass is 35.5. The maximum absolute atomic E-state index is 10.4. The predicted octanol–water partition coefficient (Wildman–Crippen LogP) is 4.20. The number of aromatic nitrogens is 4. The van der Waals surface area contributed by atoms with E-state index in [1.54, 1.807) is 6.20 Å². The zero-order valence-corrected chi connectivity index (χ0v) is 20.4. The van der Waals surface area contributed by atoms with Crippen LogP contribution in [0.1, 0.15) is 55.7 Å². The van der Waals surface area contributed by atoms with Gasteiger partial charge in [0.05, 0.1) is 48.3 Å². The zero-order chi connectivity index (χ0) is 23.4. The number of nitrogens with one attached hydrogen (secondary N) is 1. The lowest BCUT2D eigenvalue weighted by Crippen LogP contribution is -2.56. The van der Waals surface area contributed by atoms with E-state index in [-0.39, 0.29) is 5.54 Å². The highest BCUT2D eigenvalue weighted by Crippen LogP contribution is 2.39. The molecule has 1 aliphatic carbocycles. The van der Waals surface area contributed by atoms with Gasteiger partial charge in [-0.1, -0.05) is 11.6 Å². The number of likely N-dealkylation sites (tertiary alicyclic amines) is 1. The van der Waals surface area contributed by atoms with Crippen molar-refractivity contribution >= 4 is 34.1 Å². The molecule has 2 saturated heterocycles. The maximum atomic E-state index is 10.4. The Hall–Kier alpha value is -2.26. The Labute approximate surface area is 204 Å². The van der Waals surface area contributed by atoms with Gasteiger partial charge in [0.25, 0.3) is 0 Å². The van der Waals surface area contributed by atoms with E-state index in [0.29, 0.717) is 36.3 Å². The Morgan fingerprint density at radius 3 is 2.68 bits per heavy atom. The highest BCUT2D eigenvalue weighted by Gasteiger charge is 2.45. The highest BCUT2D eigenvalue weighted by molar-refractivity contribution is 6.32. The molecule has 180 valence electrons. The summed E-state index contributed by atoms with van der Waals surface area (Å²) in [5.74, 6) is 0.999. The summed E-state index contributed by atoms with van der Waals surface area (Å²) >= 11 is 6.51. The van der Waals surface area contributed by atoms with Gasteiger partial charge in [-0.25, -0.2) is 14.6 Å². The molecule has 2 N–H and O–H groups in total. The summed E-state index contributed by atoms with van der Waals surface area (Å²) in [6.45, 7) is 7.25. The Morgan fingerprint density at radius 1 is 1.18 bits per heavy atom. The molecule has 1 saturated carbocycles. The summed E-state index contributed by atoms with van der Waals surface area (Å²) in [5, 5.41) is 19.7. The minimum Gasteiger partial charge on any atom is -0.389 e. The largest absolute Gasteiger partial charge is 0.389 e. The summed E-state index contributed by atoms with van der Waals surface area (Å²) in [4.78, 5) is 11.7. The van der Waals surface area contributed by atoms with Crippen LogP contribution in [0.15, 0.2) is 24.5 Å². The molecule has 0 radical (unpaired) electrons. The number of hydrogen-bond acceptors (Lipinski definition) is 7. The molecule has 2 atom stereocenters. The number of halogens is 1. The Balaban J connectivity index is 1.21. The van der Waals surface area contributed by atoms with Crippen LogP contribution in [0.2, 0.25) is 5.15 Å². The molecule has 3 fully saturated rings. The van der Waals surface area contributed by atoms with Gasteiger partial charge < -0.3 is 15.2 Å². The van der Waals surface area contributed by atoms with Crippen LogP contribution in [0.3, 0.4) is 0 Å². The Bertz CT molecular complexity index is 1220. The molecule has 34 heavy (non-hydrogen) atoms. The van der Waals surface area contributed by atoms with Gasteiger partial charge in [-0.2, -0.15) is 5.10 Å². The van der Waals surface area contributed by atoms with E-state index >= 15 is 0 Å². The number of nitrogens with zero attached hydrogens (tertiary/aromatic N) is 5. The molecule has 8 nitrogen and oxygen atoms in total. The fraction of sp³-hybridized carbons (Fsp3) is 0.560. The number of hydrogen-bond donors (Lipinski definition) is 2. The summed E-state index contributed by atoms with van der Waals surface area (Å²) in [6.07, 6.45) is 7.56. The molecular formula is C25H31ClN6O2. The van der Waals surface area contributed by atoms with Crippen molar-refractivity contribution in [3.8, 4) is 0 Å². The first-order valence-electron chi connectivity index (χ1n) is 12.2. The van der Waals surface area contributed by atoms with Gasteiger partial charge in [-0.3, -0.25) is 4.90 Å². The summed E-state index contributed by atoms with van der Waals surface area (Å²) in [6, 6.07) is 4.83. The molecule has 0 amide bonds. The lowest BCUT2D eigenvalue weighted by Gasteiger charge is -2.43. The lowest BCUT2D eigenvalue weighted by molar-refractivity contribution is -0.00214. The topological polar surface area (TPSA) is 88.3 Å². The van der Waals surface area contributed by atoms with Crippen molar-refractivity contribution in [2.45, 2.75) is 63.1 Å². The number of benzene rings is 1. The van der Waals surface area contributed by atoms with Crippen LogP contribution in [0.5, 0.6) is 0 Å². The first-order chi connectivity index (χ1) is 16.4. The monoisotopic (exact) mass is 482 g/mol. The van der Waals surface area contributed by atoms with E-state index < -0.39 is 6.10 Å². The van der Waals surface area contributed by atoms with Gasteiger partial charge in [0.15, 0.2) is 5.15 Å². The van der Waals surface area contributed by atoms with Gasteiger partial charge in [-0.05, 0) is 81.8 Å². The smallest absolute Gasteiger partial charge is 0.227 e. The second-order valence-corrected chi connectivity index (χ2v) is 10.6. The van der Waals surface area contributed by atoms with Gasteiger partial charge in [0, 0.05) is 11.6 Å². The van der Waals surface area contributed by atoms with E-state index in [9.17, 15) is 5.11 Å². The third-order valence-corrected chi connectivity index (χ3v) is 8.26. The van der Waals surface area contributed by atoms with E-state index in [2.05, 4.69) is 46.3 Å². The van der Waals surface area contributed by atoms with Crippen LogP contribution < -0.4 is 5.32 Å².